The fourth-order valence-corrected chi connectivity index (χ4v) is 4.06. The van der Waals surface area contributed by atoms with E-state index in [4.69, 9.17) is 5.73 Å². The number of thioether (sulfide) groups is 1. The maximum atomic E-state index is 13.3. The van der Waals surface area contributed by atoms with E-state index in [1.165, 1.54) is 28.8 Å². The van der Waals surface area contributed by atoms with Gasteiger partial charge in [0.2, 0.25) is 17.7 Å². The number of nitrogens with zero attached hydrogens (tertiary/aromatic N) is 1. The summed E-state index contributed by atoms with van der Waals surface area (Å²) >= 11 is 1.51. The standard InChI is InChI=1S/C21H30N4O6S/c1-32-10-8-15(23-18(27)12-22)19(28)24-16(11-13-4-6-14(26)7-5-13)20(29)25-9-2-3-17(25)21(30)31/h4-7,15-17,26H,2-3,8-12,22H2,1H3,(H,23,27)(H,24,28)(H,30,31). The lowest BCUT2D eigenvalue weighted by Crippen LogP contribution is -2.57. The molecule has 6 N–H and O–H groups in total. The van der Waals surface area contributed by atoms with E-state index in [9.17, 15) is 29.4 Å². The number of aliphatic carboxylic acids is 1. The monoisotopic (exact) mass is 466 g/mol. The highest BCUT2D eigenvalue weighted by molar-refractivity contribution is 7.98. The molecule has 1 aliphatic rings. The molecule has 3 unspecified atom stereocenters. The normalized spacial score (nSPS) is 17.4. The van der Waals surface area contributed by atoms with Crippen LogP contribution in [0.2, 0.25) is 0 Å². The van der Waals surface area contributed by atoms with Crippen molar-refractivity contribution >= 4 is 35.5 Å². The van der Waals surface area contributed by atoms with E-state index in [2.05, 4.69) is 10.6 Å². The van der Waals surface area contributed by atoms with Gasteiger partial charge in [0.25, 0.3) is 0 Å². The molecule has 11 heteroatoms. The second-order valence-electron chi connectivity index (χ2n) is 7.57. The third-order valence-electron chi connectivity index (χ3n) is 5.26. The number of rotatable bonds is 11. The molecule has 1 saturated heterocycles. The third-order valence-corrected chi connectivity index (χ3v) is 5.90. The summed E-state index contributed by atoms with van der Waals surface area (Å²) in [5.41, 5.74) is 6.03. The van der Waals surface area contributed by atoms with Gasteiger partial charge in [-0.1, -0.05) is 12.1 Å². The van der Waals surface area contributed by atoms with Crippen molar-refractivity contribution in [1.29, 1.82) is 0 Å². The lowest BCUT2D eigenvalue weighted by Gasteiger charge is -2.29. The highest BCUT2D eigenvalue weighted by atomic mass is 32.2. The van der Waals surface area contributed by atoms with E-state index in [0.717, 1.165) is 0 Å². The maximum absolute atomic E-state index is 13.3. The van der Waals surface area contributed by atoms with E-state index in [1.807, 2.05) is 6.26 Å². The van der Waals surface area contributed by atoms with Crippen molar-refractivity contribution in [3.05, 3.63) is 29.8 Å². The molecule has 0 bridgehead atoms. The molecule has 2 rings (SSSR count). The Bertz CT molecular complexity index is 819. The Hall–Kier alpha value is -2.79. The molecule has 3 atom stereocenters. The number of aromatic hydroxyl groups is 1. The molecule has 176 valence electrons. The summed E-state index contributed by atoms with van der Waals surface area (Å²) in [5, 5.41) is 24.2. The van der Waals surface area contributed by atoms with Crippen LogP contribution < -0.4 is 16.4 Å². The summed E-state index contributed by atoms with van der Waals surface area (Å²) in [4.78, 5) is 50.9. The van der Waals surface area contributed by atoms with Crippen molar-refractivity contribution in [3.63, 3.8) is 0 Å². The van der Waals surface area contributed by atoms with E-state index in [0.29, 0.717) is 30.6 Å². The Kier molecular flexibility index (Phi) is 9.79. The average Bonchev–Trinajstić information content (AvgIpc) is 3.27. The first-order chi connectivity index (χ1) is 15.3. The molecule has 0 aromatic heterocycles. The highest BCUT2D eigenvalue weighted by Gasteiger charge is 2.38. The molecule has 1 fully saturated rings. The number of benzene rings is 1. The quantitative estimate of drug-likeness (QED) is 0.297. The highest BCUT2D eigenvalue weighted by Crippen LogP contribution is 2.20. The SMILES string of the molecule is CSCCC(NC(=O)CN)C(=O)NC(Cc1ccc(O)cc1)C(=O)N1CCCC1C(=O)O. The smallest absolute Gasteiger partial charge is 0.326 e. The number of carboxylic acids is 1. The second kappa shape index (κ2) is 12.3. The predicted octanol–water partition coefficient (Wildman–Crippen LogP) is -0.308. The Balaban J connectivity index is 2.24. The average molecular weight is 467 g/mol. The van der Waals surface area contributed by atoms with Crippen molar-refractivity contribution in [2.75, 3.05) is 25.1 Å². The van der Waals surface area contributed by atoms with Gasteiger partial charge in [0.15, 0.2) is 0 Å². The molecule has 0 radical (unpaired) electrons. The predicted molar refractivity (Wildman–Crippen MR) is 120 cm³/mol. The molecule has 32 heavy (non-hydrogen) atoms. The first kappa shape index (κ1) is 25.5. The number of hydrogen-bond donors (Lipinski definition) is 5. The molecular formula is C21H30N4O6S. The number of phenols is 1. The number of carbonyl (C=O) groups is 4. The summed E-state index contributed by atoms with van der Waals surface area (Å²) in [7, 11) is 0. The van der Waals surface area contributed by atoms with Gasteiger partial charge in [0, 0.05) is 13.0 Å². The lowest BCUT2D eigenvalue weighted by atomic mass is 10.0. The fourth-order valence-electron chi connectivity index (χ4n) is 3.59. The molecule has 10 nitrogen and oxygen atoms in total. The van der Waals surface area contributed by atoms with Crippen LogP contribution in [0.25, 0.3) is 0 Å². The van der Waals surface area contributed by atoms with Crippen LogP contribution in [0.4, 0.5) is 0 Å². The summed E-state index contributed by atoms with van der Waals surface area (Å²) < 4.78 is 0. The van der Waals surface area contributed by atoms with Gasteiger partial charge in [-0.3, -0.25) is 14.4 Å². The van der Waals surface area contributed by atoms with E-state index in [-0.39, 0.29) is 25.3 Å². The minimum atomic E-state index is -1.08. The fraction of sp³-hybridized carbons (Fsp3) is 0.524. The van der Waals surface area contributed by atoms with Gasteiger partial charge in [0.05, 0.1) is 6.54 Å². The number of likely N-dealkylation sites (tertiary alicyclic amines) is 1. The van der Waals surface area contributed by atoms with Crippen molar-refractivity contribution in [1.82, 2.24) is 15.5 Å². The number of carbonyl (C=O) groups excluding carboxylic acids is 3. The molecule has 1 aromatic rings. The van der Waals surface area contributed by atoms with Crippen LogP contribution in [-0.2, 0) is 25.6 Å². The Labute approximate surface area is 190 Å². The van der Waals surface area contributed by atoms with Crippen molar-refractivity contribution < 1.29 is 29.4 Å². The van der Waals surface area contributed by atoms with Crippen molar-refractivity contribution in [2.45, 2.75) is 43.8 Å². The molecule has 1 aromatic carbocycles. The number of nitrogens with two attached hydrogens (primary N) is 1. The first-order valence-corrected chi connectivity index (χ1v) is 11.8. The number of carboxylic acid groups (broad SMARTS) is 1. The minimum Gasteiger partial charge on any atom is -0.508 e. The van der Waals surface area contributed by atoms with Crippen molar-refractivity contribution in [2.24, 2.45) is 5.73 Å². The summed E-state index contributed by atoms with van der Waals surface area (Å²) in [6.07, 6.45) is 3.24. The number of hydrogen-bond acceptors (Lipinski definition) is 7. The van der Waals surface area contributed by atoms with Crippen LogP contribution in [-0.4, -0.2) is 82.0 Å². The number of phenolic OH excluding ortho intramolecular Hbond substituents is 1. The minimum absolute atomic E-state index is 0.0628. The summed E-state index contributed by atoms with van der Waals surface area (Å²) in [6.45, 7) is 0.0184. The van der Waals surface area contributed by atoms with Crippen LogP contribution in [0.3, 0.4) is 0 Å². The Morgan fingerprint density at radius 3 is 2.47 bits per heavy atom. The zero-order valence-electron chi connectivity index (χ0n) is 18.0. The van der Waals surface area contributed by atoms with Crippen LogP contribution >= 0.6 is 11.8 Å². The van der Waals surface area contributed by atoms with Gasteiger partial charge in [-0.15, -0.1) is 0 Å². The molecule has 0 spiro atoms. The molecule has 1 heterocycles. The summed E-state index contributed by atoms with van der Waals surface area (Å²) in [5.74, 6) is -1.94. The summed E-state index contributed by atoms with van der Waals surface area (Å²) in [6, 6.07) is 3.35. The van der Waals surface area contributed by atoms with Crippen LogP contribution in [0.5, 0.6) is 5.75 Å². The number of amides is 3. The Morgan fingerprint density at radius 1 is 1.19 bits per heavy atom. The zero-order chi connectivity index (χ0) is 23.7. The lowest BCUT2D eigenvalue weighted by molar-refractivity contribution is -0.149. The van der Waals surface area contributed by atoms with Crippen molar-refractivity contribution in [3.8, 4) is 5.75 Å². The van der Waals surface area contributed by atoms with Gasteiger partial charge >= 0.3 is 5.97 Å². The molecule has 1 aliphatic heterocycles. The van der Waals surface area contributed by atoms with Gasteiger partial charge in [-0.25, -0.2) is 4.79 Å². The van der Waals surface area contributed by atoms with E-state index in [1.54, 1.807) is 12.1 Å². The molecule has 0 aliphatic carbocycles. The number of nitrogens with one attached hydrogen (secondary N) is 2. The topological polar surface area (TPSA) is 162 Å². The van der Waals surface area contributed by atoms with E-state index >= 15 is 0 Å². The Morgan fingerprint density at radius 2 is 1.88 bits per heavy atom. The maximum Gasteiger partial charge on any atom is 0.326 e. The molecule has 3 amide bonds. The van der Waals surface area contributed by atoms with Crippen LogP contribution in [0.15, 0.2) is 24.3 Å². The third kappa shape index (κ3) is 7.13. The van der Waals surface area contributed by atoms with Gasteiger partial charge in [-0.2, -0.15) is 11.8 Å². The molecule has 0 saturated carbocycles. The van der Waals surface area contributed by atoms with Gasteiger partial charge < -0.3 is 31.5 Å². The van der Waals surface area contributed by atoms with Crippen LogP contribution in [0, 0.1) is 0 Å². The van der Waals surface area contributed by atoms with Gasteiger partial charge in [-0.05, 0) is 49.0 Å². The molecular weight excluding hydrogens is 436 g/mol. The zero-order valence-corrected chi connectivity index (χ0v) is 18.8. The second-order valence-corrected chi connectivity index (χ2v) is 8.55. The first-order valence-electron chi connectivity index (χ1n) is 10.4. The van der Waals surface area contributed by atoms with E-state index < -0.39 is 41.8 Å². The van der Waals surface area contributed by atoms with Crippen LogP contribution in [0.1, 0.15) is 24.8 Å². The largest absolute Gasteiger partial charge is 0.508 e. The van der Waals surface area contributed by atoms with Gasteiger partial charge in [0.1, 0.15) is 23.9 Å².